The number of hydrogen-bond donors (Lipinski definition) is 1. The summed E-state index contributed by atoms with van der Waals surface area (Å²) in [5, 5.41) is 8.19. The summed E-state index contributed by atoms with van der Waals surface area (Å²) in [6.45, 7) is 0. The van der Waals surface area contributed by atoms with E-state index in [0.717, 1.165) is 0 Å². The van der Waals surface area contributed by atoms with Crippen LogP contribution in [-0.2, 0) is 4.79 Å². The zero-order valence-corrected chi connectivity index (χ0v) is 14.1. The van der Waals surface area contributed by atoms with Crippen molar-refractivity contribution in [2.24, 2.45) is 0 Å². The summed E-state index contributed by atoms with van der Waals surface area (Å²) in [6, 6.07) is 1.84. The van der Waals surface area contributed by atoms with Gasteiger partial charge in [0.1, 0.15) is 11.5 Å². The van der Waals surface area contributed by atoms with Gasteiger partial charge in [-0.3, -0.25) is 0 Å². The average molecular weight is 398 g/mol. The molecule has 3 unspecified atom stereocenters. The maximum absolute atomic E-state index is 11.4. The van der Waals surface area contributed by atoms with Crippen LogP contribution in [0.3, 0.4) is 0 Å². The molecule has 1 fully saturated rings. The zero-order chi connectivity index (χ0) is 15.2. The molecule has 4 atom stereocenters. The highest BCUT2D eigenvalue weighted by molar-refractivity contribution is 6.47. The predicted molar refractivity (Wildman–Crippen MR) is 84.3 cm³/mol. The second-order valence-electron chi connectivity index (χ2n) is 4.14. The quantitative estimate of drug-likeness (QED) is 0.446. The normalized spacial score (nSPS) is 29.8. The summed E-state index contributed by atoms with van der Waals surface area (Å²) >= 11 is 36.4. The van der Waals surface area contributed by atoms with E-state index in [-0.39, 0.29) is 20.8 Å². The Balaban J connectivity index is 2.60. The molecule has 2 rings (SSSR count). The molecule has 1 heterocycles. The largest absolute Gasteiger partial charge is 0.480 e. The van der Waals surface area contributed by atoms with Gasteiger partial charge < -0.3 is 10.0 Å². The summed E-state index contributed by atoms with van der Waals surface area (Å²) in [6.07, 6.45) is 0. The van der Waals surface area contributed by atoms with Crippen LogP contribution in [-0.4, -0.2) is 33.4 Å². The number of alkyl halides is 3. The van der Waals surface area contributed by atoms with Crippen molar-refractivity contribution < 1.29 is 9.90 Å². The molecule has 0 amide bonds. The smallest absolute Gasteiger partial charge is 0.327 e. The first-order chi connectivity index (χ1) is 9.27. The standard InChI is InChI=1S/C11H7Cl6NO2/c12-3-1-2-4(13)8(5(3)14)18-9(11(19)20)6(15)7(16)10(18)17/h1-2,6-7,9-10H,(H,19,20)/t6?,7?,9-,10?/m0/s1. The third-order valence-corrected chi connectivity index (χ3v) is 5.82. The molecule has 9 heteroatoms. The van der Waals surface area contributed by atoms with E-state index < -0.39 is 28.3 Å². The van der Waals surface area contributed by atoms with Crippen molar-refractivity contribution in [3.63, 3.8) is 0 Å². The Morgan fingerprint density at radius 2 is 1.60 bits per heavy atom. The molecule has 1 aromatic carbocycles. The molecule has 1 N–H and O–H groups in total. The third-order valence-electron chi connectivity index (χ3n) is 2.97. The molecule has 1 aliphatic heterocycles. The summed E-state index contributed by atoms with van der Waals surface area (Å²) in [7, 11) is 0. The molecule has 0 aliphatic carbocycles. The van der Waals surface area contributed by atoms with Crippen molar-refractivity contribution in [3.05, 3.63) is 27.2 Å². The van der Waals surface area contributed by atoms with Crippen LogP contribution >= 0.6 is 69.6 Å². The summed E-state index contributed by atoms with van der Waals surface area (Å²) in [5.74, 6) is -1.18. The lowest BCUT2D eigenvalue weighted by molar-refractivity contribution is -0.138. The molecular formula is C11H7Cl6NO2. The number of nitrogens with zero attached hydrogens (tertiary/aromatic N) is 1. The van der Waals surface area contributed by atoms with Crippen LogP contribution in [0, 0.1) is 0 Å². The average Bonchev–Trinajstić information content (AvgIpc) is 2.60. The van der Waals surface area contributed by atoms with E-state index in [2.05, 4.69) is 0 Å². The predicted octanol–water partition coefficient (Wildman–Crippen LogP) is 4.70. The third kappa shape index (κ3) is 2.65. The van der Waals surface area contributed by atoms with Gasteiger partial charge in [0.2, 0.25) is 0 Å². The number of carboxylic acid groups (broad SMARTS) is 1. The van der Waals surface area contributed by atoms with Crippen molar-refractivity contribution in [2.75, 3.05) is 4.90 Å². The summed E-state index contributed by atoms with van der Waals surface area (Å²) in [4.78, 5) is 12.7. The number of carbonyl (C=O) groups is 1. The molecule has 0 spiro atoms. The number of rotatable bonds is 2. The minimum Gasteiger partial charge on any atom is -0.480 e. The number of anilines is 1. The van der Waals surface area contributed by atoms with Crippen LogP contribution in [0.2, 0.25) is 15.1 Å². The first kappa shape index (κ1) is 16.6. The fourth-order valence-electron chi connectivity index (χ4n) is 2.06. The maximum atomic E-state index is 11.4. The summed E-state index contributed by atoms with van der Waals surface area (Å²) in [5.41, 5.74) is -0.671. The Hall–Kier alpha value is 0.230. The van der Waals surface area contributed by atoms with Crippen molar-refractivity contribution in [1.82, 2.24) is 0 Å². The Bertz CT molecular complexity index is 554. The Labute approximate surface area is 145 Å². The first-order valence-electron chi connectivity index (χ1n) is 5.34. The van der Waals surface area contributed by atoms with Gasteiger partial charge in [-0.15, -0.1) is 23.2 Å². The van der Waals surface area contributed by atoms with Gasteiger partial charge in [-0.1, -0.05) is 46.4 Å². The molecule has 1 aliphatic rings. The van der Waals surface area contributed by atoms with Gasteiger partial charge in [0.05, 0.1) is 31.5 Å². The highest BCUT2D eigenvalue weighted by Crippen LogP contribution is 2.46. The van der Waals surface area contributed by atoms with Crippen LogP contribution in [0.15, 0.2) is 12.1 Å². The van der Waals surface area contributed by atoms with Gasteiger partial charge in [-0.05, 0) is 12.1 Å². The number of hydrogen-bond acceptors (Lipinski definition) is 2. The Morgan fingerprint density at radius 3 is 2.15 bits per heavy atom. The molecule has 3 nitrogen and oxygen atoms in total. The number of benzene rings is 1. The Morgan fingerprint density at radius 1 is 1.05 bits per heavy atom. The SMILES string of the molecule is O=C(O)[C@@H]1C(Cl)C(Cl)C(Cl)N1c1c(Cl)ccc(Cl)c1Cl. The van der Waals surface area contributed by atoms with Crippen molar-refractivity contribution in [3.8, 4) is 0 Å². The zero-order valence-electron chi connectivity index (χ0n) is 9.53. The number of aliphatic carboxylic acids is 1. The van der Waals surface area contributed by atoms with Gasteiger partial charge in [0, 0.05) is 0 Å². The van der Waals surface area contributed by atoms with Crippen LogP contribution < -0.4 is 4.90 Å². The molecule has 0 saturated carbocycles. The van der Waals surface area contributed by atoms with Gasteiger partial charge in [-0.25, -0.2) is 4.79 Å². The first-order valence-corrected chi connectivity index (χ1v) is 7.78. The lowest BCUT2D eigenvalue weighted by Crippen LogP contribution is -2.42. The molecule has 0 aromatic heterocycles. The molecule has 110 valence electrons. The molecule has 0 bridgehead atoms. The second-order valence-corrected chi connectivity index (χ2v) is 6.79. The highest BCUT2D eigenvalue weighted by Gasteiger charge is 2.51. The van der Waals surface area contributed by atoms with E-state index in [4.69, 9.17) is 69.6 Å². The minimum absolute atomic E-state index is 0.103. The molecule has 1 saturated heterocycles. The fraction of sp³-hybridized carbons (Fsp3) is 0.364. The van der Waals surface area contributed by atoms with Crippen molar-refractivity contribution in [1.29, 1.82) is 0 Å². The maximum Gasteiger partial charge on any atom is 0.327 e. The summed E-state index contributed by atoms with van der Waals surface area (Å²) < 4.78 is 0. The van der Waals surface area contributed by atoms with Gasteiger partial charge in [0.15, 0.2) is 0 Å². The monoisotopic (exact) mass is 395 g/mol. The van der Waals surface area contributed by atoms with Gasteiger partial charge in [0.25, 0.3) is 0 Å². The second kappa shape index (κ2) is 6.15. The van der Waals surface area contributed by atoms with E-state index in [9.17, 15) is 9.90 Å². The lowest BCUT2D eigenvalue weighted by Gasteiger charge is -2.29. The number of halogens is 6. The van der Waals surface area contributed by atoms with Crippen molar-refractivity contribution >= 4 is 81.3 Å². The number of carboxylic acids is 1. The van der Waals surface area contributed by atoms with E-state index in [1.165, 1.54) is 17.0 Å². The van der Waals surface area contributed by atoms with Crippen LogP contribution in [0.1, 0.15) is 0 Å². The van der Waals surface area contributed by atoms with E-state index >= 15 is 0 Å². The molecule has 1 aromatic rings. The molecule has 0 radical (unpaired) electrons. The van der Waals surface area contributed by atoms with Crippen LogP contribution in [0.4, 0.5) is 5.69 Å². The van der Waals surface area contributed by atoms with Crippen molar-refractivity contribution in [2.45, 2.75) is 22.3 Å². The lowest BCUT2D eigenvalue weighted by atomic mass is 10.2. The van der Waals surface area contributed by atoms with Crippen LogP contribution in [0.25, 0.3) is 0 Å². The highest BCUT2D eigenvalue weighted by atomic mass is 35.5. The topological polar surface area (TPSA) is 40.5 Å². The van der Waals surface area contributed by atoms with E-state index in [0.29, 0.717) is 0 Å². The molecular weight excluding hydrogens is 391 g/mol. The Kier molecular flexibility index (Phi) is 5.11. The fourth-order valence-corrected chi connectivity index (χ4v) is 3.85. The van der Waals surface area contributed by atoms with Gasteiger partial charge >= 0.3 is 5.97 Å². The minimum atomic E-state index is -1.18. The molecule has 20 heavy (non-hydrogen) atoms. The van der Waals surface area contributed by atoms with E-state index in [1.54, 1.807) is 0 Å². The van der Waals surface area contributed by atoms with Crippen LogP contribution in [0.5, 0.6) is 0 Å². The van der Waals surface area contributed by atoms with Gasteiger partial charge in [-0.2, -0.15) is 0 Å². The van der Waals surface area contributed by atoms with E-state index in [1.807, 2.05) is 0 Å².